The molecule has 1 N–H and O–H groups in total. The van der Waals surface area contributed by atoms with E-state index in [0.29, 0.717) is 5.75 Å². The normalized spacial score (nSPS) is 10.5. The predicted molar refractivity (Wildman–Crippen MR) is 60.8 cm³/mol. The van der Waals surface area contributed by atoms with E-state index in [1.54, 1.807) is 11.8 Å². The molecule has 16 heavy (non-hydrogen) atoms. The number of aliphatic hydroxyl groups excluding tert-OH is 1. The summed E-state index contributed by atoms with van der Waals surface area (Å²) in [6, 6.07) is 2.15. The van der Waals surface area contributed by atoms with Crippen LogP contribution >= 0.6 is 11.8 Å². The van der Waals surface area contributed by atoms with Crippen LogP contribution < -0.4 is 4.74 Å². The van der Waals surface area contributed by atoms with Gasteiger partial charge in [-0.3, -0.25) is 0 Å². The Balaban J connectivity index is 2.65. The lowest BCUT2D eigenvalue weighted by atomic mass is 10.2. The highest BCUT2D eigenvalue weighted by atomic mass is 32.2. The lowest BCUT2D eigenvalue weighted by Gasteiger charge is -2.09. The molecule has 0 heterocycles. The standard InChI is InChI=1S/C11H14F2O2S/c1-2-16-4-3-15-11-9(12)5-8(7-14)6-10(11)13/h5-6,14H,2-4,7H2,1H3. The summed E-state index contributed by atoms with van der Waals surface area (Å²) in [5.74, 6) is -0.278. The molecule has 0 aliphatic rings. The first kappa shape index (κ1) is 13.3. The van der Waals surface area contributed by atoms with Gasteiger partial charge in [0.1, 0.15) is 0 Å². The number of halogens is 2. The van der Waals surface area contributed by atoms with E-state index in [2.05, 4.69) is 0 Å². The van der Waals surface area contributed by atoms with Gasteiger partial charge in [0.05, 0.1) is 13.2 Å². The van der Waals surface area contributed by atoms with Crippen LogP contribution in [0.25, 0.3) is 0 Å². The Morgan fingerprint density at radius 2 is 1.94 bits per heavy atom. The summed E-state index contributed by atoms with van der Waals surface area (Å²) in [7, 11) is 0. The van der Waals surface area contributed by atoms with Crippen LogP contribution in [0.3, 0.4) is 0 Å². The van der Waals surface area contributed by atoms with Gasteiger partial charge in [-0.25, -0.2) is 8.78 Å². The molecular formula is C11H14F2O2S. The summed E-state index contributed by atoms with van der Waals surface area (Å²) in [6.07, 6.45) is 0. The number of ether oxygens (including phenoxy) is 1. The van der Waals surface area contributed by atoms with E-state index in [-0.39, 0.29) is 24.5 Å². The van der Waals surface area contributed by atoms with Gasteiger partial charge in [0.2, 0.25) is 0 Å². The highest BCUT2D eigenvalue weighted by molar-refractivity contribution is 7.99. The van der Waals surface area contributed by atoms with Crippen LogP contribution in [0.4, 0.5) is 8.78 Å². The molecule has 0 saturated heterocycles. The van der Waals surface area contributed by atoms with Crippen LogP contribution in [0.1, 0.15) is 12.5 Å². The van der Waals surface area contributed by atoms with E-state index in [4.69, 9.17) is 9.84 Å². The zero-order valence-electron chi connectivity index (χ0n) is 9.00. The lowest BCUT2D eigenvalue weighted by Crippen LogP contribution is -2.04. The average Bonchev–Trinajstić information content (AvgIpc) is 2.26. The van der Waals surface area contributed by atoms with Crippen LogP contribution in [-0.2, 0) is 6.61 Å². The van der Waals surface area contributed by atoms with Crippen molar-refractivity contribution in [3.8, 4) is 5.75 Å². The zero-order chi connectivity index (χ0) is 12.0. The van der Waals surface area contributed by atoms with Gasteiger partial charge < -0.3 is 9.84 Å². The van der Waals surface area contributed by atoms with Crippen LogP contribution in [0, 0.1) is 11.6 Å². The van der Waals surface area contributed by atoms with E-state index in [1.165, 1.54) is 0 Å². The Labute approximate surface area is 97.6 Å². The zero-order valence-corrected chi connectivity index (χ0v) is 9.82. The molecule has 1 aromatic rings. The predicted octanol–water partition coefficient (Wildman–Crippen LogP) is 2.59. The molecule has 0 spiro atoms. The molecule has 0 aromatic heterocycles. The summed E-state index contributed by atoms with van der Waals surface area (Å²) in [5.41, 5.74) is 0.199. The minimum Gasteiger partial charge on any atom is -0.487 e. The number of thioether (sulfide) groups is 1. The third kappa shape index (κ3) is 3.64. The van der Waals surface area contributed by atoms with Crippen LogP contribution in [-0.4, -0.2) is 23.2 Å². The van der Waals surface area contributed by atoms with E-state index >= 15 is 0 Å². The number of hydrogen-bond acceptors (Lipinski definition) is 3. The maximum atomic E-state index is 13.3. The molecule has 0 bridgehead atoms. The molecule has 1 aromatic carbocycles. The highest BCUT2D eigenvalue weighted by Crippen LogP contribution is 2.23. The molecule has 0 aliphatic heterocycles. The number of hydrogen-bond donors (Lipinski definition) is 1. The van der Waals surface area contributed by atoms with Crippen molar-refractivity contribution in [1.29, 1.82) is 0 Å². The molecular weight excluding hydrogens is 234 g/mol. The van der Waals surface area contributed by atoms with Crippen molar-refractivity contribution in [2.24, 2.45) is 0 Å². The summed E-state index contributed by atoms with van der Waals surface area (Å²) in [6.45, 7) is 1.88. The molecule has 2 nitrogen and oxygen atoms in total. The largest absolute Gasteiger partial charge is 0.487 e. The number of rotatable bonds is 6. The van der Waals surface area contributed by atoms with Gasteiger partial charge in [-0.05, 0) is 23.4 Å². The SMILES string of the molecule is CCSCCOc1c(F)cc(CO)cc1F. The minimum absolute atomic E-state index is 0.199. The van der Waals surface area contributed by atoms with Crippen LogP contribution in [0.5, 0.6) is 5.75 Å². The Morgan fingerprint density at radius 1 is 1.31 bits per heavy atom. The van der Waals surface area contributed by atoms with Gasteiger partial charge in [0.15, 0.2) is 17.4 Å². The van der Waals surface area contributed by atoms with Crippen molar-refractivity contribution in [3.63, 3.8) is 0 Å². The van der Waals surface area contributed by atoms with E-state index in [9.17, 15) is 8.78 Å². The monoisotopic (exact) mass is 248 g/mol. The summed E-state index contributed by atoms with van der Waals surface area (Å²) in [5, 5.41) is 8.75. The van der Waals surface area contributed by atoms with Gasteiger partial charge >= 0.3 is 0 Å². The Morgan fingerprint density at radius 3 is 2.44 bits per heavy atom. The molecule has 0 amide bonds. The van der Waals surface area contributed by atoms with Crippen LogP contribution in [0.2, 0.25) is 0 Å². The molecule has 0 unspecified atom stereocenters. The topological polar surface area (TPSA) is 29.5 Å². The van der Waals surface area contributed by atoms with Gasteiger partial charge in [0, 0.05) is 5.75 Å². The minimum atomic E-state index is -0.773. The Hall–Kier alpha value is -0.810. The second-order valence-corrected chi connectivity index (χ2v) is 4.49. The maximum absolute atomic E-state index is 13.3. The molecule has 0 atom stereocenters. The molecule has 90 valence electrons. The molecule has 1 rings (SSSR count). The molecule has 0 radical (unpaired) electrons. The van der Waals surface area contributed by atoms with Crippen molar-refractivity contribution in [3.05, 3.63) is 29.3 Å². The average molecular weight is 248 g/mol. The van der Waals surface area contributed by atoms with Crippen molar-refractivity contribution in [1.82, 2.24) is 0 Å². The third-order valence-corrected chi connectivity index (χ3v) is 2.78. The smallest absolute Gasteiger partial charge is 0.190 e. The Bertz CT molecular complexity index is 322. The van der Waals surface area contributed by atoms with Crippen molar-refractivity contribution < 1.29 is 18.6 Å². The molecule has 0 aliphatic carbocycles. The summed E-state index contributed by atoms with van der Waals surface area (Å²) >= 11 is 1.64. The van der Waals surface area contributed by atoms with E-state index in [0.717, 1.165) is 17.9 Å². The fourth-order valence-electron chi connectivity index (χ4n) is 1.19. The maximum Gasteiger partial charge on any atom is 0.190 e. The van der Waals surface area contributed by atoms with Crippen molar-refractivity contribution in [2.45, 2.75) is 13.5 Å². The van der Waals surface area contributed by atoms with E-state index in [1.807, 2.05) is 6.92 Å². The fraction of sp³-hybridized carbons (Fsp3) is 0.455. The fourth-order valence-corrected chi connectivity index (χ4v) is 1.68. The first-order chi connectivity index (χ1) is 7.69. The van der Waals surface area contributed by atoms with Gasteiger partial charge in [-0.2, -0.15) is 11.8 Å². The summed E-state index contributed by atoms with van der Waals surface area (Å²) in [4.78, 5) is 0. The van der Waals surface area contributed by atoms with Gasteiger partial charge in [-0.1, -0.05) is 6.92 Å². The first-order valence-corrected chi connectivity index (χ1v) is 6.13. The van der Waals surface area contributed by atoms with Crippen LogP contribution in [0.15, 0.2) is 12.1 Å². The lowest BCUT2D eigenvalue weighted by molar-refractivity contribution is 0.276. The first-order valence-electron chi connectivity index (χ1n) is 4.98. The van der Waals surface area contributed by atoms with Crippen molar-refractivity contribution >= 4 is 11.8 Å². The second kappa shape index (κ2) is 6.70. The van der Waals surface area contributed by atoms with Gasteiger partial charge in [-0.15, -0.1) is 0 Å². The highest BCUT2D eigenvalue weighted by Gasteiger charge is 2.12. The Kier molecular flexibility index (Phi) is 5.55. The molecule has 5 heteroatoms. The number of benzene rings is 1. The third-order valence-electron chi connectivity index (χ3n) is 1.92. The van der Waals surface area contributed by atoms with Crippen molar-refractivity contribution in [2.75, 3.05) is 18.1 Å². The molecule has 0 fully saturated rings. The number of aliphatic hydroxyl groups is 1. The molecule has 0 saturated carbocycles. The quantitative estimate of drug-likeness (QED) is 0.785. The second-order valence-electron chi connectivity index (χ2n) is 3.09. The van der Waals surface area contributed by atoms with Gasteiger partial charge in [0.25, 0.3) is 0 Å². The van der Waals surface area contributed by atoms with E-state index < -0.39 is 11.6 Å². The summed E-state index contributed by atoms with van der Waals surface area (Å²) < 4.78 is 31.7.